The number of carbonyl (C=O) groups excluding carboxylic acids is 9. The van der Waals surface area contributed by atoms with E-state index in [-0.39, 0.29) is 69.7 Å². The van der Waals surface area contributed by atoms with Crippen LogP contribution in [0.2, 0.25) is 0 Å². The van der Waals surface area contributed by atoms with Crippen LogP contribution in [0.1, 0.15) is 118 Å². The van der Waals surface area contributed by atoms with Gasteiger partial charge in [-0.3, -0.25) is 43.3 Å². The minimum Gasteiger partial charge on any atom is -0.458 e. The van der Waals surface area contributed by atoms with E-state index in [0.29, 0.717) is 76.6 Å². The minimum atomic E-state index is -2.07. The number of pyridine rings is 2. The number of hydrogen-bond acceptors (Lipinski definition) is 15. The highest BCUT2D eigenvalue weighted by Gasteiger charge is 2.46. The predicted octanol–water partition coefficient (Wildman–Crippen LogP) is 0.556. The molecule has 414 valence electrons. The first-order valence-corrected chi connectivity index (χ1v) is 25.5. The van der Waals surface area contributed by atoms with Crippen molar-refractivity contribution in [2.24, 2.45) is 5.73 Å². The Balaban J connectivity index is 0.950. The van der Waals surface area contributed by atoms with Crippen molar-refractivity contribution in [1.29, 1.82) is 0 Å². The highest BCUT2D eigenvalue weighted by molar-refractivity contribution is 6.12. The number of nitrogens with two attached hydrogens (primary N) is 1. The van der Waals surface area contributed by atoms with Crippen molar-refractivity contribution in [3.63, 3.8) is 0 Å². The molecule has 0 saturated carbocycles. The maximum Gasteiger partial charge on any atom is 0.343 e. The lowest BCUT2D eigenvalue weighted by atomic mass is 9.81. The number of urea groups is 1. The number of imide groups is 1. The quantitative estimate of drug-likeness (QED) is 0.0206. The van der Waals surface area contributed by atoms with Crippen LogP contribution in [0.3, 0.4) is 0 Å². The molecule has 24 nitrogen and oxygen atoms in total. The van der Waals surface area contributed by atoms with E-state index in [0.717, 1.165) is 4.90 Å². The number of aryl methyl sites for hydroxylation is 1. The fourth-order valence-electron chi connectivity index (χ4n) is 9.81. The molecule has 0 spiro atoms. The molecule has 77 heavy (non-hydrogen) atoms. The maximum atomic E-state index is 15.4. The number of esters is 1. The number of nitrogens with zero attached hydrogens (tertiary/aromatic N) is 3. The molecule has 0 saturated heterocycles. The number of primary amides is 1. The third-order valence-electron chi connectivity index (χ3n) is 13.9. The molecule has 4 atom stereocenters. The summed E-state index contributed by atoms with van der Waals surface area (Å²) in [5.41, 5.74) is 5.47. The number of cyclic esters (lactones) is 1. The van der Waals surface area contributed by atoms with Crippen molar-refractivity contribution in [3.05, 3.63) is 73.8 Å². The summed E-state index contributed by atoms with van der Waals surface area (Å²) in [6.45, 7) is 6.62. The van der Waals surface area contributed by atoms with Gasteiger partial charge in [0.05, 0.1) is 53.8 Å². The minimum absolute atomic E-state index is 0.00677. The molecule has 1 aliphatic carbocycles. The zero-order valence-corrected chi connectivity index (χ0v) is 43.6. The number of nitrogens with one attached hydrogen (secondary N) is 6. The molecule has 4 aliphatic rings. The van der Waals surface area contributed by atoms with Gasteiger partial charge in [0.2, 0.25) is 29.5 Å². The van der Waals surface area contributed by atoms with Gasteiger partial charge in [0, 0.05) is 54.2 Å². The molecule has 2 aromatic heterocycles. The van der Waals surface area contributed by atoms with E-state index in [9.17, 15) is 53.1 Å². The van der Waals surface area contributed by atoms with Crippen LogP contribution >= 0.6 is 0 Å². The number of aromatic nitrogens is 2. The molecule has 3 aliphatic heterocycles. The molecule has 0 radical (unpaired) electrons. The van der Waals surface area contributed by atoms with E-state index >= 15 is 4.39 Å². The molecule has 1 aromatic carbocycles. The van der Waals surface area contributed by atoms with Crippen molar-refractivity contribution in [3.8, 4) is 11.4 Å². The zero-order valence-electron chi connectivity index (χ0n) is 43.6. The third kappa shape index (κ3) is 13.1. The number of fused-ring (bicyclic) bond motifs is 5. The van der Waals surface area contributed by atoms with E-state index in [4.69, 9.17) is 24.9 Å². The van der Waals surface area contributed by atoms with E-state index in [2.05, 4.69) is 31.9 Å². The predicted molar refractivity (Wildman–Crippen MR) is 271 cm³/mol. The first kappa shape index (κ1) is 57.1. The van der Waals surface area contributed by atoms with Crippen LogP contribution in [0, 0.1) is 12.7 Å². The maximum absolute atomic E-state index is 15.4. The number of rotatable bonds is 24. The van der Waals surface area contributed by atoms with Gasteiger partial charge in [0.25, 0.3) is 17.4 Å². The lowest BCUT2D eigenvalue weighted by Gasteiger charge is -2.31. The summed E-state index contributed by atoms with van der Waals surface area (Å²) < 4.78 is 33.4. The van der Waals surface area contributed by atoms with E-state index < -0.39 is 114 Å². The van der Waals surface area contributed by atoms with Gasteiger partial charge in [-0.2, -0.15) is 0 Å². The average molecular weight is 1070 g/mol. The standard InChI is InChI=1S/C52H65FN10O14/c1-6-52(74)31-19-37-45-29(22-63(37)48(71)30(31)23-76-49(52)72)44-33(14-13-28-27(2)32(53)20-35(61-45)43(28)44)58-40(66)25-75-26-57-46(69)34(11-10-17-55-50(54)73)59-39(65)21-56-47(70)36(24-77-51(3,4)5)60-38(64)12-8-7-9-18-62-41(67)15-16-42(62)68/h15-16,19-20,33-34,36,74H,6-14,17-18,21-26H2,1-5H3,(H,56,70)(H,57,69)(H,58,66)(H,59,65)(H,60,64)(H3,54,55,73)/t33-,34-,36-,52-/m0/s1. The van der Waals surface area contributed by atoms with E-state index in [1.165, 1.54) is 22.8 Å². The molecule has 0 fully saturated rings. The molecule has 0 bridgehead atoms. The van der Waals surface area contributed by atoms with Crippen LogP contribution in [0.4, 0.5) is 9.18 Å². The Labute approximate surface area is 441 Å². The van der Waals surface area contributed by atoms with Gasteiger partial charge in [-0.15, -0.1) is 0 Å². The second-order valence-electron chi connectivity index (χ2n) is 20.3. The summed E-state index contributed by atoms with van der Waals surface area (Å²) in [5.74, 6) is -5.45. The molecule has 5 heterocycles. The number of unbranched alkanes of at least 4 members (excludes halogenated alkanes) is 2. The Morgan fingerprint density at radius 3 is 2.34 bits per heavy atom. The molecule has 3 aromatic rings. The first-order valence-electron chi connectivity index (χ1n) is 25.5. The highest BCUT2D eigenvalue weighted by Crippen LogP contribution is 2.46. The van der Waals surface area contributed by atoms with Gasteiger partial charge in [-0.05, 0) is 95.4 Å². The largest absolute Gasteiger partial charge is 0.458 e. The van der Waals surface area contributed by atoms with Crippen molar-refractivity contribution < 1.29 is 66.9 Å². The van der Waals surface area contributed by atoms with Crippen LogP contribution in [-0.2, 0) is 77.7 Å². The summed E-state index contributed by atoms with van der Waals surface area (Å²) in [6.07, 6.45) is 4.66. The fourth-order valence-corrected chi connectivity index (χ4v) is 9.81. The molecular formula is C52H65FN10O14. The van der Waals surface area contributed by atoms with E-state index in [1.54, 1.807) is 40.7 Å². The summed E-state index contributed by atoms with van der Waals surface area (Å²) in [5, 5.41) is 27.6. The van der Waals surface area contributed by atoms with Gasteiger partial charge in [-0.1, -0.05) is 13.3 Å². The lowest BCUT2D eigenvalue weighted by molar-refractivity contribution is -0.172. The second kappa shape index (κ2) is 24.1. The van der Waals surface area contributed by atoms with E-state index in [1.807, 2.05) is 0 Å². The Kier molecular flexibility index (Phi) is 17.9. The summed E-state index contributed by atoms with van der Waals surface area (Å²) in [7, 11) is 0. The number of benzene rings is 1. The van der Waals surface area contributed by atoms with Crippen molar-refractivity contribution >= 4 is 64.3 Å². The van der Waals surface area contributed by atoms with Crippen LogP contribution in [-0.4, -0.2) is 130 Å². The number of hydrogen-bond donors (Lipinski definition) is 8. The number of amides is 9. The lowest BCUT2D eigenvalue weighted by Crippen LogP contribution is -2.54. The molecule has 9 N–H and O–H groups in total. The highest BCUT2D eigenvalue weighted by atomic mass is 19.1. The van der Waals surface area contributed by atoms with Crippen LogP contribution in [0.25, 0.3) is 22.3 Å². The van der Waals surface area contributed by atoms with Crippen LogP contribution in [0.5, 0.6) is 0 Å². The number of ether oxygens (including phenoxy) is 3. The van der Waals surface area contributed by atoms with Gasteiger partial charge in [0.15, 0.2) is 5.60 Å². The molecule has 25 heteroatoms. The van der Waals surface area contributed by atoms with Gasteiger partial charge < -0.3 is 61.5 Å². The fraction of sp³-hybridized carbons (Fsp3) is 0.519. The summed E-state index contributed by atoms with van der Waals surface area (Å²) in [6, 6.07) is -1.03. The molecule has 9 amide bonds. The summed E-state index contributed by atoms with van der Waals surface area (Å²) in [4.78, 5) is 134. The SMILES string of the molecule is CC[C@@]1(O)C(=O)OCc2c1cc1n(c2=O)Cc2c-1nc1cc(F)c(C)c3c1c2[C@@H](NC(=O)COCNC(=O)[C@H](CCCNC(N)=O)NC(=O)CNC(=O)[C@H](COC(C)(C)C)NC(=O)CCCCCN1C(=O)C=CC1=O)CC3. The Morgan fingerprint density at radius 2 is 1.64 bits per heavy atom. The Bertz CT molecular complexity index is 2970. The van der Waals surface area contributed by atoms with Gasteiger partial charge >= 0.3 is 12.0 Å². The van der Waals surface area contributed by atoms with Crippen molar-refractivity contribution in [2.45, 2.75) is 135 Å². The summed E-state index contributed by atoms with van der Waals surface area (Å²) >= 11 is 0. The van der Waals surface area contributed by atoms with Crippen LogP contribution in [0.15, 0.2) is 29.1 Å². The zero-order chi connectivity index (χ0) is 55.9. The first-order chi connectivity index (χ1) is 36.5. The molecular weight excluding hydrogens is 1010 g/mol. The van der Waals surface area contributed by atoms with Gasteiger partial charge in [-0.25, -0.2) is 19.0 Å². The average Bonchev–Trinajstić information content (AvgIpc) is 4.04. The Hall–Kier alpha value is -7.64. The van der Waals surface area contributed by atoms with Crippen molar-refractivity contribution in [1.82, 2.24) is 46.4 Å². The van der Waals surface area contributed by atoms with Crippen LogP contribution < -0.4 is 43.2 Å². The number of halogens is 1. The third-order valence-corrected chi connectivity index (χ3v) is 13.9. The number of aliphatic hydroxyl groups is 1. The van der Waals surface area contributed by atoms with Gasteiger partial charge in [0.1, 0.15) is 37.8 Å². The Morgan fingerprint density at radius 1 is 0.922 bits per heavy atom. The van der Waals surface area contributed by atoms with Crippen molar-refractivity contribution in [2.75, 3.05) is 39.6 Å². The monoisotopic (exact) mass is 1070 g/mol. The smallest absolute Gasteiger partial charge is 0.343 e. The normalized spacial score (nSPS) is 17.9. The molecule has 0 unspecified atom stereocenters. The molecule has 7 rings (SSSR count). The number of carbonyl (C=O) groups is 9. The topological polar surface area (TPSA) is 338 Å². The second-order valence-corrected chi connectivity index (χ2v) is 20.3.